The Morgan fingerprint density at radius 1 is 1.00 bits per heavy atom. The van der Waals surface area contributed by atoms with E-state index in [1.165, 1.54) is 42.5 Å². The van der Waals surface area contributed by atoms with Crippen molar-refractivity contribution in [1.82, 2.24) is 14.5 Å². The fourth-order valence-electron chi connectivity index (χ4n) is 4.54. The van der Waals surface area contributed by atoms with Crippen molar-refractivity contribution in [2.24, 2.45) is 11.7 Å². The monoisotopic (exact) mass is 504 g/mol. The van der Waals surface area contributed by atoms with Gasteiger partial charge in [-0.15, -0.1) is 0 Å². The molecule has 1 aromatic heterocycles. The second kappa shape index (κ2) is 11.4. The Morgan fingerprint density at radius 2 is 1.68 bits per heavy atom. The Balaban J connectivity index is 1.93. The largest absolute Gasteiger partial charge is 0.330 e. The molecule has 0 aliphatic heterocycles. The van der Waals surface area contributed by atoms with Crippen LogP contribution in [0.4, 0.5) is 8.78 Å². The average Bonchev–Trinajstić information content (AvgIpc) is 2.88. The predicted molar refractivity (Wildman–Crippen MR) is 140 cm³/mol. The molecule has 0 aliphatic carbocycles. The summed E-state index contributed by atoms with van der Waals surface area (Å²) >= 11 is 0. The lowest BCUT2D eigenvalue weighted by Crippen LogP contribution is -2.42. The van der Waals surface area contributed by atoms with Gasteiger partial charge in [0.25, 0.3) is 11.5 Å². The minimum atomic E-state index is -0.631. The van der Waals surface area contributed by atoms with Gasteiger partial charge in [0.05, 0.1) is 23.5 Å². The van der Waals surface area contributed by atoms with Gasteiger partial charge in [-0.1, -0.05) is 44.2 Å². The molecule has 1 heterocycles. The molecule has 1 unspecified atom stereocenters. The van der Waals surface area contributed by atoms with E-state index in [9.17, 15) is 18.4 Å². The van der Waals surface area contributed by atoms with Crippen molar-refractivity contribution in [2.75, 3.05) is 13.1 Å². The number of carbonyl (C=O) groups excluding carboxylic acids is 1. The summed E-state index contributed by atoms with van der Waals surface area (Å²) in [6, 6.07) is 18.1. The van der Waals surface area contributed by atoms with Crippen LogP contribution in [0.1, 0.15) is 48.1 Å². The number of nitrogens with two attached hydrogens (primary N) is 1. The number of hydrogen-bond donors (Lipinski definition) is 1. The third-order valence-corrected chi connectivity index (χ3v) is 6.32. The van der Waals surface area contributed by atoms with Crippen molar-refractivity contribution in [2.45, 2.75) is 32.9 Å². The van der Waals surface area contributed by atoms with Gasteiger partial charge >= 0.3 is 0 Å². The lowest BCUT2D eigenvalue weighted by Gasteiger charge is -2.35. The molecular weight excluding hydrogens is 474 g/mol. The zero-order valence-corrected chi connectivity index (χ0v) is 20.9. The fraction of sp³-hybridized carbons (Fsp3) is 0.276. The smallest absolute Gasteiger partial charge is 0.261 e. The minimum absolute atomic E-state index is 0.165. The van der Waals surface area contributed by atoms with Gasteiger partial charge in [-0.3, -0.25) is 14.2 Å². The van der Waals surface area contributed by atoms with E-state index in [-0.39, 0.29) is 29.4 Å². The van der Waals surface area contributed by atoms with Crippen molar-refractivity contribution in [3.8, 4) is 0 Å². The van der Waals surface area contributed by atoms with Crippen molar-refractivity contribution in [1.29, 1.82) is 0 Å². The predicted octanol–water partition coefficient (Wildman–Crippen LogP) is 4.91. The van der Waals surface area contributed by atoms with Crippen molar-refractivity contribution in [3.63, 3.8) is 0 Å². The van der Waals surface area contributed by atoms with Crippen LogP contribution in [0.3, 0.4) is 0 Å². The maximum Gasteiger partial charge on any atom is 0.261 e. The third kappa shape index (κ3) is 5.75. The molecule has 0 aliphatic rings. The summed E-state index contributed by atoms with van der Waals surface area (Å²) in [6.45, 7) is 4.76. The zero-order chi connectivity index (χ0) is 26.5. The van der Waals surface area contributed by atoms with E-state index in [4.69, 9.17) is 10.7 Å². The second-order valence-electron chi connectivity index (χ2n) is 9.34. The molecule has 0 spiro atoms. The number of fused-ring (bicyclic) bond motifs is 1. The van der Waals surface area contributed by atoms with Crippen LogP contribution in [0.15, 0.2) is 77.6 Å². The highest BCUT2D eigenvalue weighted by Crippen LogP contribution is 2.30. The van der Waals surface area contributed by atoms with E-state index in [0.717, 1.165) is 5.56 Å². The average molecular weight is 505 g/mol. The molecule has 4 aromatic rings. The molecule has 1 amide bonds. The molecule has 2 N–H and O–H groups in total. The zero-order valence-electron chi connectivity index (χ0n) is 20.9. The number of hydrogen-bond acceptors (Lipinski definition) is 4. The Hall–Kier alpha value is -3.91. The summed E-state index contributed by atoms with van der Waals surface area (Å²) in [5.41, 5.74) is 6.90. The van der Waals surface area contributed by atoms with E-state index in [2.05, 4.69) is 0 Å². The maximum absolute atomic E-state index is 14.2. The van der Waals surface area contributed by atoms with E-state index in [0.29, 0.717) is 36.3 Å². The van der Waals surface area contributed by atoms with Gasteiger partial charge < -0.3 is 10.6 Å². The van der Waals surface area contributed by atoms with Crippen LogP contribution in [-0.2, 0) is 6.54 Å². The Morgan fingerprint density at radius 3 is 2.32 bits per heavy atom. The molecule has 0 saturated carbocycles. The Bertz CT molecular complexity index is 1440. The molecule has 8 heteroatoms. The van der Waals surface area contributed by atoms with Crippen molar-refractivity contribution in [3.05, 3.63) is 112 Å². The number of carbonyl (C=O) groups is 1. The van der Waals surface area contributed by atoms with Crippen molar-refractivity contribution < 1.29 is 13.6 Å². The summed E-state index contributed by atoms with van der Waals surface area (Å²) in [7, 11) is 0. The van der Waals surface area contributed by atoms with E-state index < -0.39 is 17.7 Å². The van der Waals surface area contributed by atoms with Crippen LogP contribution in [-0.4, -0.2) is 33.4 Å². The highest BCUT2D eigenvalue weighted by Gasteiger charge is 2.32. The van der Waals surface area contributed by atoms with Gasteiger partial charge in [0.2, 0.25) is 0 Å². The summed E-state index contributed by atoms with van der Waals surface area (Å²) in [6.07, 6.45) is 0.515. The first-order valence-electron chi connectivity index (χ1n) is 12.3. The van der Waals surface area contributed by atoms with E-state index in [1.807, 2.05) is 44.2 Å². The molecule has 192 valence electrons. The number of benzene rings is 3. The standard InChI is InChI=1S/C29H30F2N4O2/c1-19(2)26(34(16-6-15-32)28(36)21-9-11-22(30)12-10-21)27-33-25-17-23(31)13-14-24(25)29(37)35(27)18-20-7-4-3-5-8-20/h3-5,7-14,17,19,26H,6,15-16,18,32H2,1-2H3. The number of rotatable bonds is 9. The van der Waals surface area contributed by atoms with E-state index in [1.54, 1.807) is 9.47 Å². The van der Waals surface area contributed by atoms with Crippen LogP contribution in [0, 0.1) is 17.6 Å². The number of nitrogens with zero attached hydrogens (tertiary/aromatic N) is 3. The van der Waals surface area contributed by atoms with Crippen LogP contribution in [0.25, 0.3) is 10.9 Å². The minimum Gasteiger partial charge on any atom is -0.330 e. The second-order valence-corrected chi connectivity index (χ2v) is 9.34. The molecule has 0 fully saturated rings. The van der Waals surface area contributed by atoms with Crippen LogP contribution in [0.5, 0.6) is 0 Å². The molecule has 0 bridgehead atoms. The molecule has 3 aromatic carbocycles. The number of halogens is 2. The quantitative estimate of drug-likeness (QED) is 0.351. The molecule has 4 rings (SSSR count). The molecule has 0 saturated heterocycles. The van der Waals surface area contributed by atoms with Crippen LogP contribution < -0.4 is 11.3 Å². The lowest BCUT2D eigenvalue weighted by atomic mass is 9.98. The van der Waals surface area contributed by atoms with Gasteiger partial charge in [-0.2, -0.15) is 0 Å². The summed E-state index contributed by atoms with van der Waals surface area (Å²) in [4.78, 5) is 33.9. The summed E-state index contributed by atoms with van der Waals surface area (Å²) in [5, 5.41) is 0.293. The first kappa shape index (κ1) is 26.2. The van der Waals surface area contributed by atoms with Crippen LogP contribution in [0.2, 0.25) is 0 Å². The number of amides is 1. The van der Waals surface area contributed by atoms with Gasteiger partial charge in [-0.05, 0) is 60.8 Å². The van der Waals surface area contributed by atoms with Gasteiger partial charge in [-0.25, -0.2) is 13.8 Å². The third-order valence-electron chi connectivity index (χ3n) is 6.32. The molecule has 37 heavy (non-hydrogen) atoms. The molecule has 0 radical (unpaired) electrons. The SMILES string of the molecule is CC(C)C(c1nc2cc(F)ccc2c(=O)n1Cc1ccccc1)N(CCCN)C(=O)c1ccc(F)cc1. The summed E-state index contributed by atoms with van der Waals surface area (Å²) in [5.74, 6) is -1.08. The normalized spacial score (nSPS) is 12.2. The molecule has 1 atom stereocenters. The van der Waals surface area contributed by atoms with Crippen molar-refractivity contribution >= 4 is 16.8 Å². The topological polar surface area (TPSA) is 81.2 Å². The first-order chi connectivity index (χ1) is 17.8. The number of aromatic nitrogens is 2. The Kier molecular flexibility index (Phi) is 8.08. The Labute approximate surface area is 214 Å². The first-order valence-corrected chi connectivity index (χ1v) is 12.3. The van der Waals surface area contributed by atoms with Gasteiger partial charge in [0.1, 0.15) is 17.5 Å². The molecular formula is C29H30F2N4O2. The fourth-order valence-corrected chi connectivity index (χ4v) is 4.54. The van der Waals surface area contributed by atoms with Gasteiger partial charge in [0.15, 0.2) is 0 Å². The highest BCUT2D eigenvalue weighted by molar-refractivity contribution is 5.94. The van der Waals surface area contributed by atoms with E-state index >= 15 is 0 Å². The van der Waals surface area contributed by atoms with Gasteiger partial charge in [0, 0.05) is 18.2 Å². The molecule has 6 nitrogen and oxygen atoms in total. The van der Waals surface area contributed by atoms with Crippen LogP contribution >= 0.6 is 0 Å². The maximum atomic E-state index is 14.2. The lowest BCUT2D eigenvalue weighted by molar-refractivity contribution is 0.0602. The highest BCUT2D eigenvalue weighted by atomic mass is 19.1. The summed E-state index contributed by atoms with van der Waals surface area (Å²) < 4.78 is 29.3.